The topological polar surface area (TPSA) is 56.2 Å². The van der Waals surface area contributed by atoms with Gasteiger partial charge < -0.3 is 28.6 Å². The molecule has 4 aromatic rings. The third-order valence-corrected chi connectivity index (χ3v) is 7.55. The number of nitrogens with zero attached hydrogens (tertiary/aromatic N) is 3. The molecule has 198 valence electrons. The first kappa shape index (κ1) is 25.5. The van der Waals surface area contributed by atoms with Crippen LogP contribution in [0.5, 0.6) is 17.2 Å². The summed E-state index contributed by atoms with van der Waals surface area (Å²) in [6, 6.07) is 22.4. The Labute approximate surface area is 224 Å². The number of anilines is 1. The van der Waals surface area contributed by atoms with Gasteiger partial charge in [0.1, 0.15) is 5.75 Å². The molecule has 7 nitrogen and oxygen atoms in total. The number of ether oxygens (including phenoxy) is 3. The number of aromatic nitrogens is 1. The summed E-state index contributed by atoms with van der Waals surface area (Å²) in [5.41, 5.74) is 4.38. The first-order valence-corrected chi connectivity index (χ1v) is 13.0. The molecule has 1 atom stereocenters. The van der Waals surface area contributed by atoms with Gasteiger partial charge in [-0.05, 0) is 41.5 Å². The second-order valence-electron chi connectivity index (χ2n) is 9.62. The lowest BCUT2D eigenvalue weighted by Crippen LogP contribution is -2.49. The molecular weight excluding hydrogens is 478 g/mol. The third-order valence-electron chi connectivity index (χ3n) is 7.55. The smallest absolute Gasteiger partial charge is 0.223 e. The van der Waals surface area contributed by atoms with Gasteiger partial charge in [0.15, 0.2) is 11.5 Å². The van der Waals surface area contributed by atoms with Crippen molar-refractivity contribution >= 4 is 22.5 Å². The Balaban J connectivity index is 1.41. The zero-order valence-corrected chi connectivity index (χ0v) is 22.5. The maximum Gasteiger partial charge on any atom is 0.223 e. The highest BCUT2D eigenvalue weighted by Gasteiger charge is 2.28. The van der Waals surface area contributed by atoms with Gasteiger partial charge >= 0.3 is 0 Å². The van der Waals surface area contributed by atoms with Gasteiger partial charge in [0.2, 0.25) is 5.91 Å². The van der Waals surface area contributed by atoms with E-state index in [4.69, 9.17) is 14.2 Å². The van der Waals surface area contributed by atoms with Crippen molar-refractivity contribution in [3.8, 4) is 17.2 Å². The van der Waals surface area contributed by atoms with Crippen molar-refractivity contribution < 1.29 is 19.0 Å². The van der Waals surface area contributed by atoms with Crippen LogP contribution in [-0.4, -0.2) is 62.9 Å². The molecule has 0 N–H and O–H groups in total. The molecule has 5 rings (SSSR count). The van der Waals surface area contributed by atoms with Gasteiger partial charge in [0.25, 0.3) is 0 Å². The number of para-hydroxylation sites is 3. The third kappa shape index (κ3) is 4.88. The monoisotopic (exact) mass is 513 g/mol. The number of amides is 1. The molecule has 1 saturated heterocycles. The van der Waals surface area contributed by atoms with E-state index in [-0.39, 0.29) is 11.8 Å². The molecule has 1 amide bonds. The molecule has 1 fully saturated rings. The van der Waals surface area contributed by atoms with Gasteiger partial charge in [-0.25, -0.2) is 0 Å². The summed E-state index contributed by atoms with van der Waals surface area (Å²) >= 11 is 0. The predicted octanol–water partition coefficient (Wildman–Crippen LogP) is 5.07. The molecule has 0 aliphatic carbocycles. The summed E-state index contributed by atoms with van der Waals surface area (Å²) in [6.45, 7) is 2.87. The van der Waals surface area contributed by atoms with E-state index in [1.165, 1.54) is 0 Å². The summed E-state index contributed by atoms with van der Waals surface area (Å²) in [4.78, 5) is 18.0. The fourth-order valence-electron chi connectivity index (χ4n) is 5.52. The first-order chi connectivity index (χ1) is 18.5. The van der Waals surface area contributed by atoms with Crippen LogP contribution in [-0.2, 0) is 11.8 Å². The summed E-state index contributed by atoms with van der Waals surface area (Å²) in [5, 5.41) is 1.16. The highest BCUT2D eigenvalue weighted by atomic mass is 16.5. The summed E-state index contributed by atoms with van der Waals surface area (Å²) in [7, 11) is 7.02. The van der Waals surface area contributed by atoms with Crippen LogP contribution in [0.3, 0.4) is 0 Å². The van der Waals surface area contributed by atoms with Crippen molar-refractivity contribution in [3.05, 3.63) is 84.1 Å². The standard InChI is InChI=1S/C31H35N3O4/c1-32-21-25(23-9-5-6-10-26(23)32)24(22-13-14-29(37-3)30(19-22)38-4)20-31(35)34-17-15-33(16-18-34)27-11-7-8-12-28(27)36-2/h5-14,19,21,24H,15-18,20H2,1-4H3/t24-/m0/s1. The van der Waals surface area contributed by atoms with E-state index in [0.29, 0.717) is 31.0 Å². The lowest BCUT2D eigenvalue weighted by molar-refractivity contribution is -0.131. The minimum Gasteiger partial charge on any atom is -0.495 e. The molecule has 1 aliphatic heterocycles. The SMILES string of the molecule is COc1ccc([C@H](CC(=O)N2CCN(c3ccccc3OC)CC2)c2cn(C)c3ccccc23)cc1OC. The summed E-state index contributed by atoms with van der Waals surface area (Å²) < 4.78 is 18.8. The second kappa shape index (κ2) is 11.1. The fourth-order valence-corrected chi connectivity index (χ4v) is 5.52. The molecule has 2 heterocycles. The van der Waals surface area contributed by atoms with Crippen LogP contribution in [0.1, 0.15) is 23.5 Å². The number of piperazine rings is 1. The highest BCUT2D eigenvalue weighted by molar-refractivity contribution is 5.87. The van der Waals surface area contributed by atoms with Crippen molar-refractivity contribution in [2.45, 2.75) is 12.3 Å². The molecule has 0 bridgehead atoms. The van der Waals surface area contributed by atoms with Crippen molar-refractivity contribution in [2.75, 3.05) is 52.4 Å². The minimum atomic E-state index is -0.124. The zero-order chi connectivity index (χ0) is 26.6. The number of aryl methyl sites for hydroxylation is 1. The molecule has 1 aliphatic rings. The van der Waals surface area contributed by atoms with Gasteiger partial charge in [0, 0.05) is 62.7 Å². The summed E-state index contributed by atoms with van der Waals surface area (Å²) in [5.74, 6) is 2.22. The number of hydrogen-bond donors (Lipinski definition) is 0. The number of benzene rings is 3. The lowest BCUT2D eigenvalue weighted by atomic mass is 9.87. The molecule has 0 spiro atoms. The Kier molecular flexibility index (Phi) is 7.45. The van der Waals surface area contributed by atoms with Gasteiger partial charge in [-0.2, -0.15) is 0 Å². The zero-order valence-electron chi connectivity index (χ0n) is 22.5. The van der Waals surface area contributed by atoms with Crippen LogP contribution in [0.25, 0.3) is 10.9 Å². The van der Waals surface area contributed by atoms with Crippen molar-refractivity contribution in [1.29, 1.82) is 0 Å². The van der Waals surface area contributed by atoms with Crippen molar-refractivity contribution in [1.82, 2.24) is 9.47 Å². The maximum absolute atomic E-state index is 13.8. The van der Waals surface area contributed by atoms with Gasteiger partial charge in [-0.15, -0.1) is 0 Å². The first-order valence-electron chi connectivity index (χ1n) is 13.0. The number of rotatable bonds is 8. The van der Waals surface area contributed by atoms with Crippen LogP contribution < -0.4 is 19.1 Å². The average Bonchev–Trinajstić information content (AvgIpc) is 3.31. The van der Waals surface area contributed by atoms with Crippen LogP contribution in [0.2, 0.25) is 0 Å². The molecule has 0 radical (unpaired) electrons. The van der Waals surface area contributed by atoms with E-state index in [9.17, 15) is 4.79 Å². The number of hydrogen-bond acceptors (Lipinski definition) is 5. The minimum absolute atomic E-state index is 0.124. The number of fused-ring (bicyclic) bond motifs is 1. The Bertz CT molecular complexity index is 1420. The molecule has 38 heavy (non-hydrogen) atoms. The van der Waals surface area contributed by atoms with Gasteiger partial charge in [-0.3, -0.25) is 4.79 Å². The molecule has 1 aromatic heterocycles. The van der Waals surface area contributed by atoms with Crippen LogP contribution in [0.4, 0.5) is 5.69 Å². The number of carbonyl (C=O) groups is 1. The van der Waals surface area contributed by atoms with E-state index >= 15 is 0 Å². The van der Waals surface area contributed by atoms with Crippen molar-refractivity contribution in [3.63, 3.8) is 0 Å². The Morgan fingerprint density at radius 2 is 1.50 bits per heavy atom. The quantitative estimate of drug-likeness (QED) is 0.329. The van der Waals surface area contributed by atoms with E-state index in [0.717, 1.165) is 46.6 Å². The van der Waals surface area contributed by atoms with Crippen LogP contribution >= 0.6 is 0 Å². The lowest BCUT2D eigenvalue weighted by Gasteiger charge is -2.37. The van der Waals surface area contributed by atoms with Gasteiger partial charge in [0.05, 0.1) is 27.0 Å². The Morgan fingerprint density at radius 1 is 0.816 bits per heavy atom. The molecule has 3 aromatic carbocycles. The highest BCUT2D eigenvalue weighted by Crippen LogP contribution is 2.39. The fraction of sp³-hybridized carbons (Fsp3) is 0.323. The number of carbonyl (C=O) groups excluding carboxylic acids is 1. The number of methoxy groups -OCH3 is 3. The average molecular weight is 514 g/mol. The van der Waals surface area contributed by atoms with E-state index in [1.54, 1.807) is 21.3 Å². The van der Waals surface area contributed by atoms with Gasteiger partial charge in [-0.1, -0.05) is 36.4 Å². The van der Waals surface area contributed by atoms with Crippen LogP contribution in [0, 0.1) is 0 Å². The largest absolute Gasteiger partial charge is 0.495 e. The van der Waals surface area contributed by atoms with Crippen molar-refractivity contribution in [2.24, 2.45) is 7.05 Å². The molecule has 0 saturated carbocycles. The van der Waals surface area contributed by atoms with E-state index in [1.807, 2.05) is 47.4 Å². The summed E-state index contributed by atoms with van der Waals surface area (Å²) in [6.07, 6.45) is 2.52. The predicted molar refractivity (Wildman–Crippen MR) is 151 cm³/mol. The second-order valence-corrected chi connectivity index (χ2v) is 9.62. The molecular formula is C31H35N3O4. The van der Waals surface area contributed by atoms with E-state index in [2.05, 4.69) is 47.0 Å². The Hall–Kier alpha value is -4.13. The normalized spacial score (nSPS) is 14.4. The maximum atomic E-state index is 13.8. The molecule has 0 unspecified atom stereocenters. The Morgan fingerprint density at radius 3 is 2.24 bits per heavy atom. The van der Waals surface area contributed by atoms with E-state index < -0.39 is 0 Å². The van der Waals surface area contributed by atoms with Crippen LogP contribution in [0.15, 0.2) is 72.9 Å². The molecule has 7 heteroatoms.